The summed E-state index contributed by atoms with van der Waals surface area (Å²) < 4.78 is 0. The third-order valence-electron chi connectivity index (χ3n) is 6.44. The van der Waals surface area contributed by atoms with Gasteiger partial charge in [-0.1, -0.05) is 0 Å². The Morgan fingerprint density at radius 2 is 0.216 bits per heavy atom. The van der Waals surface area contributed by atoms with E-state index < -0.39 is 254 Å². The van der Waals surface area contributed by atoms with E-state index in [-0.39, 0.29) is 114 Å². The standard InChI is InChI=1S/7C4H6O5.7C3H4O3.3V.3Zn/c7*5-2(4(8)9)1-3(6)7;7*1-2(4)3(5)6;;;;;;/h7*2,5H,1H2,(H,6,7)(H,8,9);7*1H3,(H,5,6);;;;;;/q;;;;;;;;;;;;;;3*+5;3*+2/p-21. The van der Waals surface area contributed by atoms with Crippen LogP contribution in [0.25, 0.3) is 0 Å². The van der Waals surface area contributed by atoms with Crippen LogP contribution in [-0.2, 0) is 248 Å². The van der Waals surface area contributed by atoms with Crippen molar-refractivity contribution in [3.8, 4) is 0 Å². The monoisotopic (exact) mass is 1880 g/mol. The van der Waals surface area contributed by atoms with E-state index in [1.807, 2.05) is 0 Å². The number of aliphatic hydroxyl groups is 7. The zero-order valence-electron chi connectivity index (χ0n) is 56.6. The number of hydrogen-bond acceptors (Lipinski definition) is 56. The Morgan fingerprint density at radius 1 is 0.171 bits per heavy atom. The number of aliphatic hydroxyl groups excluding tert-OH is 7. The van der Waals surface area contributed by atoms with Gasteiger partial charge in [0, 0.05) is 135 Å². The molecule has 0 spiro atoms. The van der Waals surface area contributed by atoms with Crippen molar-refractivity contribution in [1.29, 1.82) is 0 Å². The maximum atomic E-state index is 9.58. The molecule has 0 amide bonds. The molecular weight excluding hydrogens is 1830 g/mol. The first-order valence-corrected chi connectivity index (χ1v) is 24.4. The Hall–Kier alpha value is -10.1. The molecule has 7 atom stereocenters. The summed E-state index contributed by atoms with van der Waals surface area (Å²) in [7, 11) is 0. The van der Waals surface area contributed by atoms with Crippen LogP contribution in [0.15, 0.2) is 0 Å². The predicted molar refractivity (Wildman–Crippen MR) is 254 cm³/mol. The molecule has 7 N–H and O–H groups in total. The topological polar surface area (TPSA) is 1100 Å². The minimum Gasteiger partial charge on any atom is -0.550 e. The largest absolute Gasteiger partial charge is 5.00 e. The number of carbonyl (C=O) groups excluding carboxylic acids is 28. The van der Waals surface area contributed by atoms with Gasteiger partial charge in [0.15, 0.2) is 40.5 Å². The van der Waals surface area contributed by atoms with Crippen LogP contribution in [0.5, 0.6) is 0 Å². The zero-order valence-corrected chi connectivity index (χ0v) is 69.7. The van der Waals surface area contributed by atoms with E-state index >= 15 is 0 Å². The molecular formula is C49H49O56V3Zn3. The number of hydrogen-bond donors (Lipinski definition) is 7. The van der Waals surface area contributed by atoms with Crippen LogP contribution >= 0.6 is 0 Å². The molecule has 0 fully saturated rings. The smallest absolute Gasteiger partial charge is 0.550 e. The number of carboxylic acids is 21. The predicted octanol–water partition coefficient (Wildman–Crippen LogP) is -38.1. The molecule has 7 unspecified atom stereocenters. The van der Waals surface area contributed by atoms with Crippen LogP contribution in [0.4, 0.5) is 0 Å². The van der Waals surface area contributed by atoms with Crippen molar-refractivity contribution in [1.82, 2.24) is 0 Å². The molecule has 0 heterocycles. The van der Waals surface area contributed by atoms with Crippen molar-refractivity contribution in [3.63, 3.8) is 0 Å². The first-order valence-electron chi connectivity index (χ1n) is 24.4. The van der Waals surface area contributed by atoms with E-state index in [1.165, 1.54) is 0 Å². The summed E-state index contributed by atoms with van der Waals surface area (Å²) >= 11 is 0. The summed E-state index contributed by atoms with van der Waals surface area (Å²) in [6.45, 7) is 6.58. The van der Waals surface area contributed by atoms with Crippen LogP contribution in [-0.4, -0.2) is 244 Å². The first kappa shape index (κ1) is 154. The van der Waals surface area contributed by atoms with Gasteiger partial charge in [0.2, 0.25) is 0 Å². The fourth-order valence-electron chi connectivity index (χ4n) is 1.69. The van der Waals surface area contributed by atoms with Crippen molar-refractivity contribution in [2.45, 2.75) is 136 Å². The Kier molecular flexibility index (Phi) is 130. The third-order valence-corrected chi connectivity index (χ3v) is 6.44. The Balaban J connectivity index is -0.0000000446. The minimum atomic E-state index is -1.96. The van der Waals surface area contributed by atoms with E-state index in [2.05, 4.69) is 0 Å². The molecule has 111 heavy (non-hydrogen) atoms. The van der Waals surface area contributed by atoms with E-state index in [0.29, 0.717) is 0 Å². The second kappa shape index (κ2) is 94.1. The molecule has 0 aliphatic rings. The number of rotatable bonds is 28. The number of carboxylic acid groups (broad SMARTS) is 21. The van der Waals surface area contributed by atoms with Crippen molar-refractivity contribution >= 4 is 166 Å². The van der Waals surface area contributed by atoms with Crippen LogP contribution in [0.2, 0.25) is 0 Å². The van der Waals surface area contributed by atoms with E-state index in [9.17, 15) is 241 Å². The van der Waals surface area contributed by atoms with Gasteiger partial charge in [0.25, 0.3) is 0 Å². The molecule has 56 nitrogen and oxygen atoms in total. The summed E-state index contributed by atoms with van der Waals surface area (Å²) in [5, 5.41) is 256. The fourth-order valence-corrected chi connectivity index (χ4v) is 1.69. The van der Waals surface area contributed by atoms with Gasteiger partial charge in [0.05, 0.1) is 84.5 Å². The average Bonchev–Trinajstić information content (AvgIpc) is 1.49. The molecule has 0 aromatic heterocycles. The van der Waals surface area contributed by atoms with Crippen molar-refractivity contribution in [3.05, 3.63) is 0 Å². The van der Waals surface area contributed by atoms with Gasteiger partial charge in [-0.05, 0) is 0 Å². The molecule has 0 saturated carbocycles. The van der Waals surface area contributed by atoms with E-state index in [0.717, 1.165) is 48.5 Å². The number of carbonyl (C=O) groups is 28. The summed E-state index contributed by atoms with van der Waals surface area (Å²) in [4.78, 5) is 265. The molecule has 62 heteroatoms. The molecule has 0 aromatic rings. The first-order chi connectivity index (χ1) is 46.8. The van der Waals surface area contributed by atoms with Crippen molar-refractivity contribution < 1.29 is 391 Å². The minimum absolute atomic E-state index is 0. The van der Waals surface area contributed by atoms with E-state index in [1.54, 1.807) is 0 Å². The Morgan fingerprint density at radius 3 is 0.225 bits per heavy atom. The SMILES string of the molecule is CC(=O)C(=O)[O-].CC(=O)C(=O)[O-].CC(=O)C(=O)[O-].CC(=O)C(=O)[O-].CC(=O)C(=O)[O-].CC(=O)C(=O)[O-].CC(=O)C(=O)[O-].O=C([O-])CC(O)C(=O)[O-].O=C([O-])CC(O)C(=O)[O-].O=C([O-])CC(O)C(=O)[O-].O=C([O-])CC(O)C(=O)[O-].O=C([O-])CC(O)C(=O)[O-].O=C([O-])CC(O)C(=O)[O-].O=C([O-])CC(O)C(=O)[O-].[V+5].[V+5].[V+5].[Zn+2].[Zn+2].[Zn+2]. The third kappa shape index (κ3) is 175. The number of aliphatic carboxylic acids is 21. The van der Waals surface area contributed by atoms with Gasteiger partial charge >= 0.3 is 114 Å². The second-order valence-electron chi connectivity index (χ2n) is 15.8. The normalized spacial score (nSPS) is 9.96. The fraction of sp³-hybridized carbons (Fsp3) is 0.429. The summed E-state index contributed by atoms with van der Waals surface area (Å²) in [5.41, 5.74) is 0. The van der Waals surface area contributed by atoms with E-state index in [4.69, 9.17) is 35.7 Å². The molecule has 0 rings (SSSR count). The average molecular weight is 1880 g/mol. The van der Waals surface area contributed by atoms with Gasteiger partial charge in [-0.3, -0.25) is 33.6 Å². The zero-order chi connectivity index (χ0) is 88.2. The van der Waals surface area contributed by atoms with Crippen molar-refractivity contribution in [2.75, 3.05) is 0 Å². The maximum absolute atomic E-state index is 9.58. The molecule has 0 bridgehead atoms. The molecule has 0 saturated heterocycles. The quantitative estimate of drug-likeness (QED) is 0.0282. The maximum Gasteiger partial charge on any atom is 5.00 e. The Labute approximate surface area is 689 Å². The van der Waals surface area contributed by atoms with Gasteiger partial charge in [0.1, 0.15) is 41.8 Å². The van der Waals surface area contributed by atoms with Crippen LogP contribution in [0, 0.1) is 0 Å². The van der Waals surface area contributed by atoms with Gasteiger partial charge in [-0.25, -0.2) is 0 Å². The molecule has 0 aromatic carbocycles. The summed E-state index contributed by atoms with van der Waals surface area (Å²) in [6.07, 6.45) is -20.2. The molecule has 602 valence electrons. The molecule has 0 radical (unpaired) electrons. The van der Waals surface area contributed by atoms with Gasteiger partial charge < -0.3 is 244 Å². The Bertz CT molecular complexity index is 2380. The summed E-state index contributed by atoms with van der Waals surface area (Å²) in [5.74, 6) is -41.9. The van der Waals surface area contributed by atoms with Crippen LogP contribution in [0.1, 0.15) is 93.4 Å². The molecule has 0 aliphatic carbocycles. The second-order valence-corrected chi connectivity index (χ2v) is 15.8. The van der Waals surface area contributed by atoms with Crippen LogP contribution in [0.3, 0.4) is 0 Å². The number of ketones is 7. The van der Waals surface area contributed by atoms with Crippen LogP contribution < -0.4 is 107 Å². The summed E-state index contributed by atoms with van der Waals surface area (Å²) in [6, 6.07) is 0. The molecule has 0 aliphatic heterocycles. The van der Waals surface area contributed by atoms with Gasteiger partial charge in [-0.15, -0.1) is 0 Å². The number of Topliss-reactive ketones (excluding diaryl/α,β-unsaturated/α-hetero) is 7. The van der Waals surface area contributed by atoms with Gasteiger partial charge in [-0.2, -0.15) is 0 Å². The van der Waals surface area contributed by atoms with Crippen molar-refractivity contribution in [2.24, 2.45) is 0 Å².